The van der Waals surface area contributed by atoms with Crippen molar-refractivity contribution in [1.82, 2.24) is 5.32 Å². The van der Waals surface area contributed by atoms with E-state index in [1.54, 1.807) is 64.3 Å². The number of nitrogens with one attached hydrogen (secondary N) is 1. The molecule has 0 spiro atoms. The molecule has 6 bridgehead atoms. The fourth-order valence-electron chi connectivity index (χ4n) is 6.34. The summed E-state index contributed by atoms with van der Waals surface area (Å²) < 4.78 is 28.7. The largest absolute Gasteiger partial charge is 0.509 e. The predicted octanol–water partition coefficient (Wildman–Crippen LogP) is 5.49. The molecule has 3 aliphatic rings. The zero-order chi connectivity index (χ0) is 32.4. The van der Waals surface area contributed by atoms with Crippen LogP contribution >= 0.6 is 0 Å². The van der Waals surface area contributed by atoms with Crippen LogP contribution in [0.5, 0.6) is 11.5 Å². The number of aliphatic hydroxyl groups is 1. The van der Waals surface area contributed by atoms with Gasteiger partial charge >= 0.3 is 12.1 Å². The van der Waals surface area contributed by atoms with Crippen molar-refractivity contribution in [3.05, 3.63) is 71.0 Å². The van der Waals surface area contributed by atoms with E-state index in [4.69, 9.17) is 23.7 Å². The van der Waals surface area contributed by atoms with Gasteiger partial charge in [0.25, 0.3) is 5.91 Å². The van der Waals surface area contributed by atoms with Crippen molar-refractivity contribution < 1.29 is 43.2 Å². The van der Waals surface area contributed by atoms with Crippen LogP contribution in [0.3, 0.4) is 0 Å². The van der Waals surface area contributed by atoms with E-state index in [-0.39, 0.29) is 18.1 Å². The van der Waals surface area contributed by atoms with Gasteiger partial charge in [0.05, 0.1) is 12.7 Å². The number of esters is 1. The van der Waals surface area contributed by atoms with Crippen LogP contribution in [0.2, 0.25) is 0 Å². The highest BCUT2D eigenvalue weighted by atomic mass is 16.7. The lowest BCUT2D eigenvalue weighted by Crippen LogP contribution is -2.47. The number of rotatable bonds is 7. The second-order valence-electron chi connectivity index (χ2n) is 13.1. The summed E-state index contributed by atoms with van der Waals surface area (Å²) in [6.45, 7) is 6.55. The summed E-state index contributed by atoms with van der Waals surface area (Å²) in [5, 5.41) is 14.5. The van der Waals surface area contributed by atoms with Crippen LogP contribution in [0.4, 0.5) is 4.79 Å². The summed E-state index contributed by atoms with van der Waals surface area (Å²) >= 11 is 0. The van der Waals surface area contributed by atoms with Crippen LogP contribution in [0.1, 0.15) is 82.6 Å². The molecule has 2 aromatic carbocycles. The van der Waals surface area contributed by atoms with Gasteiger partial charge < -0.3 is 34.1 Å². The molecule has 10 nitrogen and oxygen atoms in total. The van der Waals surface area contributed by atoms with E-state index < -0.39 is 47.5 Å². The van der Waals surface area contributed by atoms with E-state index >= 15 is 0 Å². The molecule has 2 aliphatic carbocycles. The number of methoxy groups -OCH3 is 1. The van der Waals surface area contributed by atoms with E-state index in [9.17, 15) is 19.5 Å². The minimum absolute atomic E-state index is 0.0219. The molecule has 5 rings (SSSR count). The minimum Gasteiger partial charge on any atom is -0.493 e. The van der Waals surface area contributed by atoms with Crippen LogP contribution in [-0.2, 0) is 36.6 Å². The Kier molecular flexibility index (Phi) is 9.44. The number of hydrogen-bond acceptors (Lipinski definition) is 9. The van der Waals surface area contributed by atoms with Crippen molar-refractivity contribution in [2.75, 3.05) is 7.11 Å². The monoisotopic (exact) mass is 621 g/mol. The van der Waals surface area contributed by atoms with Gasteiger partial charge in [0.2, 0.25) is 6.10 Å². The number of hydrogen-bond donors (Lipinski definition) is 2. The third-order valence-electron chi connectivity index (χ3n) is 8.64. The van der Waals surface area contributed by atoms with Crippen LogP contribution in [0, 0.1) is 5.92 Å². The van der Waals surface area contributed by atoms with Gasteiger partial charge in [0, 0.05) is 17.5 Å². The van der Waals surface area contributed by atoms with Crippen molar-refractivity contribution >= 4 is 18.0 Å². The lowest BCUT2D eigenvalue weighted by atomic mass is 9.71. The minimum atomic E-state index is -1.36. The second kappa shape index (κ2) is 13.1. The first-order chi connectivity index (χ1) is 21.4. The quantitative estimate of drug-likeness (QED) is 0.386. The lowest BCUT2D eigenvalue weighted by molar-refractivity contribution is -0.148. The first kappa shape index (κ1) is 32.3. The fraction of sp³-hybridized carbons (Fsp3) is 0.514. The molecule has 242 valence electrons. The number of amides is 1. The highest BCUT2D eigenvalue weighted by Gasteiger charge is 2.46. The molecule has 1 amide bonds. The van der Waals surface area contributed by atoms with Crippen molar-refractivity contribution in [3.8, 4) is 11.5 Å². The molecule has 0 radical (unpaired) electrons. The summed E-state index contributed by atoms with van der Waals surface area (Å²) in [7, 11) is 1.59. The Balaban J connectivity index is 1.34. The third-order valence-corrected chi connectivity index (χ3v) is 8.64. The molecule has 0 saturated carbocycles. The molecule has 45 heavy (non-hydrogen) atoms. The number of carbonyl (C=O) groups is 3. The number of fused-ring (bicyclic) bond motifs is 4. The van der Waals surface area contributed by atoms with Crippen LogP contribution in [-0.4, -0.2) is 53.6 Å². The number of carbonyl (C=O) groups excluding carboxylic acids is 3. The van der Waals surface area contributed by atoms with E-state index in [0.717, 1.165) is 43.2 Å². The Morgan fingerprint density at radius 2 is 1.84 bits per heavy atom. The highest BCUT2D eigenvalue weighted by molar-refractivity contribution is 5.88. The molecule has 1 heterocycles. The maximum absolute atomic E-state index is 13.4. The summed E-state index contributed by atoms with van der Waals surface area (Å²) in [5.74, 6) is 0.0524. The molecule has 10 heteroatoms. The Morgan fingerprint density at radius 1 is 1.09 bits per heavy atom. The van der Waals surface area contributed by atoms with Gasteiger partial charge in [-0.2, -0.15) is 0 Å². The molecule has 0 saturated heterocycles. The van der Waals surface area contributed by atoms with Crippen molar-refractivity contribution in [3.63, 3.8) is 0 Å². The zero-order valence-electron chi connectivity index (χ0n) is 26.6. The van der Waals surface area contributed by atoms with Gasteiger partial charge in [-0.25, -0.2) is 9.59 Å². The smallest absolute Gasteiger partial charge is 0.493 e. The molecule has 1 aliphatic heterocycles. The van der Waals surface area contributed by atoms with Gasteiger partial charge in [-0.1, -0.05) is 42.8 Å². The fourth-order valence-corrected chi connectivity index (χ4v) is 6.34. The Morgan fingerprint density at radius 3 is 2.56 bits per heavy atom. The maximum Gasteiger partial charge on any atom is 0.509 e. The third kappa shape index (κ3) is 7.44. The van der Waals surface area contributed by atoms with Crippen LogP contribution < -0.4 is 14.8 Å². The molecular formula is C35H43NO9. The lowest BCUT2D eigenvalue weighted by Gasteiger charge is -2.41. The SMILES string of the molecule is COc1ccc2c3c1O[C@@H]1C[C@@](O)(CC=C1OC(=O)[C@H](C)NC(=O)[C@@H](OC(=O)OC(C)(C)C)c1ccccc1)[C@H](CCCC3)C2. The summed E-state index contributed by atoms with van der Waals surface area (Å²) in [6.07, 6.45) is 3.59. The highest BCUT2D eigenvalue weighted by Crippen LogP contribution is 2.47. The van der Waals surface area contributed by atoms with Gasteiger partial charge in [0.15, 0.2) is 17.6 Å². The zero-order valence-corrected chi connectivity index (χ0v) is 26.6. The van der Waals surface area contributed by atoms with Crippen molar-refractivity contribution in [2.45, 2.75) is 102 Å². The van der Waals surface area contributed by atoms with Crippen LogP contribution in [0.15, 0.2) is 54.3 Å². The average Bonchev–Trinajstić information content (AvgIpc) is 2.98. The molecule has 0 fully saturated rings. The molecule has 0 aromatic heterocycles. The first-order valence-electron chi connectivity index (χ1n) is 15.6. The van der Waals surface area contributed by atoms with Gasteiger partial charge in [-0.3, -0.25) is 4.79 Å². The van der Waals surface area contributed by atoms with E-state index in [1.807, 2.05) is 6.07 Å². The van der Waals surface area contributed by atoms with E-state index in [1.165, 1.54) is 6.92 Å². The molecule has 2 aromatic rings. The van der Waals surface area contributed by atoms with Gasteiger partial charge in [0.1, 0.15) is 17.4 Å². The van der Waals surface area contributed by atoms with Gasteiger partial charge in [-0.15, -0.1) is 0 Å². The Bertz CT molecular complexity index is 1450. The maximum atomic E-state index is 13.4. The standard InChI is InChI=1S/C35H43NO9/c1-21(36-31(37)29(22-11-7-6-8-12-22)44-33(39)45-34(2,3)4)32(38)43-26-17-18-35(40)20-28(26)42-30-25-14-10-9-13-24(35)19-23(25)15-16-27(30)41-5/h6-8,11-12,15-17,21,24,28-29,40H,9-10,13-14,18-20H2,1-5H3,(H,36,37)/t21-,24+,28+,29-,35-/m0/s1. The topological polar surface area (TPSA) is 130 Å². The Hall–Kier alpha value is -4.05. The number of benzene rings is 2. The van der Waals surface area contributed by atoms with Crippen LogP contribution in [0.25, 0.3) is 0 Å². The summed E-state index contributed by atoms with van der Waals surface area (Å²) in [6, 6.07) is 11.3. The predicted molar refractivity (Wildman–Crippen MR) is 165 cm³/mol. The average molecular weight is 622 g/mol. The van der Waals surface area contributed by atoms with Crippen molar-refractivity contribution in [1.29, 1.82) is 0 Å². The molecule has 0 unspecified atom stereocenters. The molecular weight excluding hydrogens is 578 g/mol. The van der Waals surface area contributed by atoms with Gasteiger partial charge in [-0.05, 0) is 83.4 Å². The molecule has 2 N–H and O–H groups in total. The van der Waals surface area contributed by atoms with E-state index in [0.29, 0.717) is 23.5 Å². The molecule has 5 atom stereocenters. The Labute approximate surface area is 264 Å². The summed E-state index contributed by atoms with van der Waals surface area (Å²) in [5.41, 5.74) is 0.768. The normalized spacial score (nSPS) is 23.6. The second-order valence-corrected chi connectivity index (χ2v) is 13.1. The first-order valence-corrected chi connectivity index (χ1v) is 15.6. The summed E-state index contributed by atoms with van der Waals surface area (Å²) in [4.78, 5) is 39.2. The number of ether oxygens (including phenoxy) is 5. The van der Waals surface area contributed by atoms with E-state index in [2.05, 4.69) is 11.4 Å². The van der Waals surface area contributed by atoms with Crippen molar-refractivity contribution in [2.24, 2.45) is 5.92 Å².